The first-order valence-corrected chi connectivity index (χ1v) is 7.46. The maximum atomic E-state index is 5.73. The second kappa shape index (κ2) is 6.39. The summed E-state index contributed by atoms with van der Waals surface area (Å²) in [5.41, 5.74) is 8.25. The third-order valence-electron chi connectivity index (χ3n) is 4.08. The summed E-state index contributed by atoms with van der Waals surface area (Å²) in [6.07, 6.45) is 4.50. The third kappa shape index (κ3) is 3.03. The molecule has 4 heteroatoms. The van der Waals surface area contributed by atoms with Crippen molar-refractivity contribution in [1.29, 1.82) is 0 Å². The highest BCUT2D eigenvalue weighted by atomic mass is 16.5. The van der Waals surface area contributed by atoms with E-state index < -0.39 is 0 Å². The lowest BCUT2D eigenvalue weighted by Crippen LogP contribution is -2.43. The summed E-state index contributed by atoms with van der Waals surface area (Å²) in [5, 5.41) is 1.35. The number of nitrogens with zero attached hydrogens (tertiary/aromatic N) is 1. The standard InChI is InChI=1S/C16H23N3O/c17-7-5-14-12-19(9-10-20-14)8-6-13-11-18-16-4-2-1-3-15(13)16/h1-4,11,14,18H,5-10,12,17H2. The number of H-pyrrole nitrogens is 1. The Morgan fingerprint density at radius 1 is 1.35 bits per heavy atom. The molecular weight excluding hydrogens is 250 g/mol. The van der Waals surface area contributed by atoms with E-state index in [2.05, 4.69) is 40.3 Å². The zero-order chi connectivity index (χ0) is 13.8. The van der Waals surface area contributed by atoms with Gasteiger partial charge in [-0.05, 0) is 31.0 Å². The Morgan fingerprint density at radius 3 is 3.15 bits per heavy atom. The van der Waals surface area contributed by atoms with Gasteiger partial charge < -0.3 is 15.5 Å². The molecule has 2 heterocycles. The fraction of sp³-hybridized carbons (Fsp3) is 0.500. The predicted octanol–water partition coefficient (Wildman–Crippen LogP) is 1.76. The van der Waals surface area contributed by atoms with Gasteiger partial charge in [0.05, 0.1) is 12.7 Å². The molecule has 1 aliphatic rings. The molecule has 0 aliphatic carbocycles. The van der Waals surface area contributed by atoms with Crippen molar-refractivity contribution in [3.8, 4) is 0 Å². The predicted molar refractivity (Wildman–Crippen MR) is 81.9 cm³/mol. The number of benzene rings is 1. The Morgan fingerprint density at radius 2 is 2.25 bits per heavy atom. The molecule has 0 bridgehead atoms. The maximum absolute atomic E-state index is 5.73. The minimum atomic E-state index is 0.316. The van der Waals surface area contributed by atoms with Crippen LogP contribution in [0.15, 0.2) is 30.5 Å². The van der Waals surface area contributed by atoms with Gasteiger partial charge >= 0.3 is 0 Å². The lowest BCUT2D eigenvalue weighted by atomic mass is 10.1. The van der Waals surface area contributed by atoms with Gasteiger partial charge in [0.1, 0.15) is 0 Å². The van der Waals surface area contributed by atoms with Gasteiger partial charge in [0.2, 0.25) is 0 Å². The third-order valence-corrected chi connectivity index (χ3v) is 4.08. The molecule has 3 rings (SSSR count). The quantitative estimate of drug-likeness (QED) is 0.873. The second-order valence-corrected chi connectivity index (χ2v) is 5.48. The number of fused-ring (bicyclic) bond motifs is 1. The fourth-order valence-corrected chi connectivity index (χ4v) is 2.96. The van der Waals surface area contributed by atoms with E-state index in [1.54, 1.807) is 0 Å². The molecule has 1 unspecified atom stereocenters. The van der Waals surface area contributed by atoms with Crippen molar-refractivity contribution in [3.63, 3.8) is 0 Å². The summed E-state index contributed by atoms with van der Waals surface area (Å²) in [5.74, 6) is 0. The number of rotatable bonds is 5. The first kappa shape index (κ1) is 13.6. The number of ether oxygens (including phenoxy) is 1. The van der Waals surface area contributed by atoms with Crippen LogP contribution < -0.4 is 5.73 Å². The Hall–Kier alpha value is -1.36. The highest BCUT2D eigenvalue weighted by Crippen LogP contribution is 2.19. The molecule has 1 aromatic heterocycles. The molecule has 0 amide bonds. The normalized spacial score (nSPS) is 20.6. The van der Waals surface area contributed by atoms with Crippen LogP contribution in [0.4, 0.5) is 0 Å². The van der Waals surface area contributed by atoms with Gasteiger partial charge in [-0.15, -0.1) is 0 Å². The van der Waals surface area contributed by atoms with Crippen molar-refractivity contribution in [3.05, 3.63) is 36.0 Å². The zero-order valence-electron chi connectivity index (χ0n) is 11.8. The van der Waals surface area contributed by atoms with E-state index >= 15 is 0 Å². The Bertz CT molecular complexity index is 549. The molecule has 2 aromatic rings. The van der Waals surface area contributed by atoms with Crippen LogP contribution in [0.5, 0.6) is 0 Å². The summed E-state index contributed by atoms with van der Waals surface area (Å²) in [6, 6.07) is 8.50. The summed E-state index contributed by atoms with van der Waals surface area (Å²) in [4.78, 5) is 5.84. The molecule has 1 aromatic carbocycles. The van der Waals surface area contributed by atoms with Gasteiger partial charge in [-0.3, -0.25) is 4.90 Å². The minimum absolute atomic E-state index is 0.316. The van der Waals surface area contributed by atoms with Crippen LogP contribution in [0.1, 0.15) is 12.0 Å². The average Bonchev–Trinajstić information content (AvgIpc) is 2.89. The molecule has 0 spiro atoms. The summed E-state index contributed by atoms with van der Waals surface area (Å²) in [7, 11) is 0. The smallest absolute Gasteiger partial charge is 0.0714 e. The van der Waals surface area contributed by atoms with Gasteiger partial charge in [0.15, 0.2) is 0 Å². The number of nitrogens with one attached hydrogen (secondary N) is 1. The first-order chi connectivity index (χ1) is 9.86. The summed E-state index contributed by atoms with van der Waals surface area (Å²) >= 11 is 0. The van der Waals surface area contributed by atoms with E-state index in [9.17, 15) is 0 Å². The van der Waals surface area contributed by atoms with E-state index in [0.717, 1.165) is 39.1 Å². The molecule has 1 fully saturated rings. The van der Waals surface area contributed by atoms with Gasteiger partial charge in [-0.2, -0.15) is 0 Å². The number of hydrogen-bond acceptors (Lipinski definition) is 3. The van der Waals surface area contributed by atoms with Crippen LogP contribution in [-0.2, 0) is 11.2 Å². The molecule has 3 N–H and O–H groups in total. The van der Waals surface area contributed by atoms with Crippen molar-refractivity contribution in [2.75, 3.05) is 32.8 Å². The average molecular weight is 273 g/mol. The fourth-order valence-electron chi connectivity index (χ4n) is 2.96. The summed E-state index contributed by atoms with van der Waals surface area (Å²) < 4.78 is 5.73. The van der Waals surface area contributed by atoms with Crippen LogP contribution in [0.2, 0.25) is 0 Å². The van der Waals surface area contributed by atoms with E-state index in [-0.39, 0.29) is 0 Å². The lowest BCUT2D eigenvalue weighted by Gasteiger charge is -2.32. The highest BCUT2D eigenvalue weighted by molar-refractivity contribution is 5.83. The maximum Gasteiger partial charge on any atom is 0.0714 e. The largest absolute Gasteiger partial charge is 0.376 e. The molecule has 108 valence electrons. The SMILES string of the molecule is NCCC1CN(CCc2c[nH]c3ccccc23)CCO1. The number of para-hydroxylation sites is 1. The molecule has 1 aliphatic heterocycles. The second-order valence-electron chi connectivity index (χ2n) is 5.48. The van der Waals surface area contributed by atoms with Crippen LogP contribution >= 0.6 is 0 Å². The van der Waals surface area contributed by atoms with E-state index in [1.165, 1.54) is 16.5 Å². The molecule has 1 saturated heterocycles. The van der Waals surface area contributed by atoms with Crippen molar-refractivity contribution >= 4 is 10.9 Å². The van der Waals surface area contributed by atoms with E-state index in [0.29, 0.717) is 12.6 Å². The van der Waals surface area contributed by atoms with Crippen molar-refractivity contribution < 1.29 is 4.74 Å². The molecule has 20 heavy (non-hydrogen) atoms. The number of nitrogens with two attached hydrogens (primary N) is 1. The molecule has 1 atom stereocenters. The molecular formula is C16H23N3O. The van der Waals surface area contributed by atoms with Crippen molar-refractivity contribution in [2.45, 2.75) is 18.9 Å². The van der Waals surface area contributed by atoms with Gasteiger partial charge in [0.25, 0.3) is 0 Å². The molecule has 4 nitrogen and oxygen atoms in total. The van der Waals surface area contributed by atoms with Gasteiger partial charge in [-0.1, -0.05) is 18.2 Å². The van der Waals surface area contributed by atoms with Crippen LogP contribution in [0.25, 0.3) is 10.9 Å². The van der Waals surface area contributed by atoms with Gasteiger partial charge in [-0.25, -0.2) is 0 Å². The van der Waals surface area contributed by atoms with Gasteiger partial charge in [0, 0.05) is 36.7 Å². The van der Waals surface area contributed by atoms with Crippen LogP contribution in [0.3, 0.4) is 0 Å². The monoisotopic (exact) mass is 273 g/mol. The first-order valence-electron chi connectivity index (χ1n) is 7.46. The Kier molecular flexibility index (Phi) is 4.35. The highest BCUT2D eigenvalue weighted by Gasteiger charge is 2.19. The van der Waals surface area contributed by atoms with E-state index in [4.69, 9.17) is 10.5 Å². The summed E-state index contributed by atoms with van der Waals surface area (Å²) in [6.45, 7) is 4.68. The van der Waals surface area contributed by atoms with E-state index in [1.807, 2.05) is 0 Å². The number of hydrogen-bond donors (Lipinski definition) is 2. The topological polar surface area (TPSA) is 54.3 Å². The van der Waals surface area contributed by atoms with Crippen LogP contribution in [0, 0.1) is 0 Å². The zero-order valence-corrected chi connectivity index (χ0v) is 11.8. The molecule has 0 radical (unpaired) electrons. The number of morpholine rings is 1. The minimum Gasteiger partial charge on any atom is -0.376 e. The Labute approximate surface area is 119 Å². The Balaban J connectivity index is 1.59. The number of aromatic amines is 1. The van der Waals surface area contributed by atoms with Crippen molar-refractivity contribution in [2.24, 2.45) is 5.73 Å². The lowest BCUT2D eigenvalue weighted by molar-refractivity contribution is -0.0302. The molecule has 0 saturated carbocycles. The van der Waals surface area contributed by atoms with Crippen molar-refractivity contribution in [1.82, 2.24) is 9.88 Å². The van der Waals surface area contributed by atoms with Crippen LogP contribution in [-0.4, -0.2) is 48.8 Å². The number of aromatic nitrogens is 1.